The van der Waals surface area contributed by atoms with E-state index in [0.29, 0.717) is 18.1 Å². The number of aryl methyl sites for hydroxylation is 1. The highest BCUT2D eigenvalue weighted by atomic mass is 35.5. The molecule has 268 valence electrons. The van der Waals surface area contributed by atoms with Gasteiger partial charge in [-0.15, -0.1) is 30.4 Å². The minimum Gasteiger partial charge on any atom is -0.453 e. The molecule has 3 heterocycles. The first-order valence-electron chi connectivity index (χ1n) is 15.2. The van der Waals surface area contributed by atoms with Crippen LogP contribution in [-0.2, 0) is 45.3 Å². The van der Waals surface area contributed by atoms with Crippen LogP contribution in [0.1, 0.15) is 53.2 Å². The lowest BCUT2D eigenvalue weighted by Gasteiger charge is -2.14. The first-order chi connectivity index (χ1) is 24.6. The van der Waals surface area contributed by atoms with Crippen LogP contribution in [-0.4, -0.2) is 65.6 Å². The summed E-state index contributed by atoms with van der Waals surface area (Å²) in [4.78, 5) is 59.3. The number of carbonyl (C=O) groups excluding carboxylic acids is 1. The molecule has 20 nitrogen and oxygen atoms in total. The van der Waals surface area contributed by atoms with Gasteiger partial charge in [0.05, 0.1) is 6.61 Å². The molecule has 21 heteroatoms. The van der Waals surface area contributed by atoms with Gasteiger partial charge in [0, 0.05) is 18.5 Å². The number of halogens is 1. The number of carbonyl (C=O) groups is 1. The lowest BCUT2D eigenvalue weighted by molar-refractivity contribution is -0.790. The van der Waals surface area contributed by atoms with Crippen LogP contribution in [0, 0.1) is 20.2 Å². The molecule has 0 radical (unpaired) electrons. The number of hydrogen-bond donors (Lipinski definition) is 1. The maximum atomic E-state index is 13.5. The van der Waals surface area contributed by atoms with E-state index in [0.717, 1.165) is 35.1 Å². The van der Waals surface area contributed by atoms with Crippen molar-refractivity contribution in [2.24, 2.45) is 0 Å². The first-order valence-corrected chi connectivity index (χ1v) is 15.6. The molecule has 0 spiro atoms. The molecule has 0 unspecified atom stereocenters. The predicted octanol–water partition coefficient (Wildman–Crippen LogP) is 3.98. The van der Waals surface area contributed by atoms with Crippen LogP contribution in [0.5, 0.6) is 0 Å². The van der Waals surface area contributed by atoms with Crippen LogP contribution >= 0.6 is 11.6 Å². The number of unbranched alkanes of at least 4 members (excludes halogenated alkanes) is 1. The molecule has 0 aliphatic rings. The van der Waals surface area contributed by atoms with Crippen molar-refractivity contribution in [3.63, 3.8) is 0 Å². The zero-order valence-corrected chi connectivity index (χ0v) is 27.5. The fourth-order valence-electron chi connectivity index (χ4n) is 4.95. The minimum absolute atomic E-state index is 0.0245. The number of tetrazole rings is 1. The van der Waals surface area contributed by atoms with Gasteiger partial charge in [0.15, 0.2) is 35.1 Å². The second-order valence-corrected chi connectivity index (χ2v) is 11.1. The monoisotopic (exact) mass is 728 g/mol. The topological polar surface area (TPSA) is 256 Å². The highest BCUT2D eigenvalue weighted by molar-refractivity contribution is 6.32. The maximum Gasteiger partial charge on any atom is 0.519 e. The average Bonchev–Trinajstić information content (AvgIpc) is 3.84. The summed E-state index contributed by atoms with van der Waals surface area (Å²) in [5.74, 6) is -1.40. The summed E-state index contributed by atoms with van der Waals surface area (Å²) in [6.45, 7) is -0.200. The Kier molecular flexibility index (Phi) is 12.0. The minimum atomic E-state index is -1.47. The number of imidazole rings is 1. The van der Waals surface area contributed by atoms with Crippen LogP contribution in [0.25, 0.3) is 22.5 Å². The second-order valence-electron chi connectivity index (χ2n) is 10.7. The average molecular weight is 729 g/mol. The maximum absolute atomic E-state index is 13.5. The summed E-state index contributed by atoms with van der Waals surface area (Å²) in [6.07, 6.45) is 0.706. The van der Waals surface area contributed by atoms with Gasteiger partial charge in [-0.2, -0.15) is 5.21 Å². The standard InChI is InChI=1S/C30H29ClN8O12/c1-2-3-8-25-32-27(31)26(37(25)13-18-9-11-19(12-10-18)21-6-4-5-7-22(21)28-33-35-36-34-28)29(40)47-17-24-23(49-30(41)50-24)16-46-14-20(51-39(44)45)15-48-38(42)43/h4-7,9-12,20H,2-3,8,13-17H2,1H3,(H,33,34,35,36)/t20-/m1/s1. The number of aromatic amines is 1. The second kappa shape index (κ2) is 17.0. The molecule has 0 amide bonds. The zero-order valence-electron chi connectivity index (χ0n) is 26.8. The van der Waals surface area contributed by atoms with Crippen molar-refractivity contribution in [2.45, 2.75) is 52.0 Å². The molecule has 0 saturated heterocycles. The van der Waals surface area contributed by atoms with E-state index >= 15 is 0 Å². The van der Waals surface area contributed by atoms with E-state index in [1.165, 1.54) is 0 Å². The van der Waals surface area contributed by atoms with Gasteiger partial charge in [-0.25, -0.2) is 14.6 Å². The van der Waals surface area contributed by atoms with Crippen LogP contribution in [0.4, 0.5) is 0 Å². The Labute approximate surface area is 291 Å². The van der Waals surface area contributed by atoms with Crippen molar-refractivity contribution in [3.05, 3.63) is 113 Å². The lowest BCUT2D eigenvalue weighted by atomic mass is 9.98. The molecule has 2 aromatic carbocycles. The van der Waals surface area contributed by atoms with Crippen LogP contribution < -0.4 is 5.82 Å². The van der Waals surface area contributed by atoms with Crippen LogP contribution in [0.15, 0.2) is 62.2 Å². The number of benzene rings is 2. The van der Waals surface area contributed by atoms with E-state index < -0.39 is 54.5 Å². The van der Waals surface area contributed by atoms with Crippen molar-refractivity contribution in [3.8, 4) is 22.5 Å². The third-order valence-electron chi connectivity index (χ3n) is 7.27. The molecular weight excluding hydrogens is 700 g/mol. The molecule has 3 aromatic heterocycles. The molecule has 0 aliphatic carbocycles. The lowest BCUT2D eigenvalue weighted by Crippen LogP contribution is -2.29. The van der Waals surface area contributed by atoms with Gasteiger partial charge in [0.2, 0.25) is 5.82 Å². The van der Waals surface area contributed by atoms with Gasteiger partial charge < -0.3 is 32.6 Å². The van der Waals surface area contributed by atoms with E-state index in [1.54, 1.807) is 4.57 Å². The van der Waals surface area contributed by atoms with Gasteiger partial charge in [0.1, 0.15) is 19.0 Å². The van der Waals surface area contributed by atoms with E-state index in [9.17, 15) is 29.8 Å². The Morgan fingerprint density at radius 3 is 2.41 bits per heavy atom. The van der Waals surface area contributed by atoms with Crippen molar-refractivity contribution in [2.75, 3.05) is 13.2 Å². The largest absolute Gasteiger partial charge is 0.519 e. The highest BCUT2D eigenvalue weighted by Gasteiger charge is 2.26. The molecule has 0 aliphatic heterocycles. The van der Waals surface area contributed by atoms with Crippen LogP contribution in [0.2, 0.25) is 5.15 Å². The van der Waals surface area contributed by atoms with Gasteiger partial charge in [-0.3, -0.25) is 0 Å². The highest BCUT2D eigenvalue weighted by Crippen LogP contribution is 2.30. The number of nitrogens with zero attached hydrogens (tertiary/aromatic N) is 7. The summed E-state index contributed by atoms with van der Waals surface area (Å²) in [7, 11) is 0. The van der Waals surface area contributed by atoms with E-state index in [4.69, 9.17) is 29.9 Å². The van der Waals surface area contributed by atoms with Gasteiger partial charge in [-0.1, -0.05) is 73.5 Å². The molecule has 1 atom stereocenters. The first kappa shape index (κ1) is 36.1. The number of ether oxygens (including phenoxy) is 2. The molecule has 0 bridgehead atoms. The summed E-state index contributed by atoms with van der Waals surface area (Å²) < 4.78 is 22.3. The third-order valence-corrected chi connectivity index (χ3v) is 7.53. The summed E-state index contributed by atoms with van der Waals surface area (Å²) in [5, 5.41) is 33.0. The molecule has 1 N–H and O–H groups in total. The Bertz CT molecular complexity index is 2010. The normalized spacial score (nSPS) is 11.6. The van der Waals surface area contributed by atoms with Gasteiger partial charge >= 0.3 is 11.8 Å². The van der Waals surface area contributed by atoms with Crippen molar-refractivity contribution < 1.29 is 43.0 Å². The smallest absolute Gasteiger partial charge is 0.453 e. The summed E-state index contributed by atoms with van der Waals surface area (Å²) >= 11 is 6.48. The predicted molar refractivity (Wildman–Crippen MR) is 171 cm³/mol. The Morgan fingerprint density at radius 2 is 1.75 bits per heavy atom. The quantitative estimate of drug-likeness (QED) is 0.0716. The van der Waals surface area contributed by atoms with Gasteiger partial charge in [-0.05, 0) is 28.3 Å². The number of hydrogen-bond acceptors (Lipinski definition) is 16. The Hall–Kier alpha value is -6.15. The van der Waals surface area contributed by atoms with Crippen molar-refractivity contribution in [1.29, 1.82) is 0 Å². The van der Waals surface area contributed by atoms with E-state index in [-0.39, 0.29) is 28.9 Å². The number of nitrogens with one attached hydrogen (secondary N) is 1. The number of rotatable bonds is 19. The Morgan fingerprint density at radius 1 is 1.02 bits per heavy atom. The number of aromatic nitrogens is 6. The molecule has 0 saturated carbocycles. The summed E-state index contributed by atoms with van der Waals surface area (Å²) in [5.41, 5.74) is 3.41. The number of esters is 1. The summed E-state index contributed by atoms with van der Waals surface area (Å²) in [6, 6.07) is 15.3. The molecule has 5 aromatic rings. The molecule has 5 rings (SSSR count). The number of H-pyrrole nitrogens is 1. The molecular formula is C30H29ClN8O12. The Balaban J connectivity index is 1.29. The van der Waals surface area contributed by atoms with E-state index in [2.05, 4.69) is 35.3 Å². The fraction of sp³-hybridized carbons (Fsp3) is 0.333. The molecule has 0 fully saturated rings. The SMILES string of the molecule is CCCCc1nc(Cl)c(C(=O)OCc2oc(=O)oc2COC[C@H](CO[N+](=O)[O-])O[N+](=O)[O-])n1Cc1ccc(-c2ccccc2-c2nn[nH]n2)cc1. The fourth-order valence-corrected chi connectivity index (χ4v) is 5.23. The van der Waals surface area contributed by atoms with Crippen LogP contribution in [0.3, 0.4) is 0 Å². The van der Waals surface area contributed by atoms with E-state index in [1.807, 2.05) is 55.5 Å². The van der Waals surface area contributed by atoms with Crippen molar-refractivity contribution in [1.82, 2.24) is 30.2 Å². The third kappa shape index (κ3) is 9.51. The van der Waals surface area contributed by atoms with Gasteiger partial charge in [0.25, 0.3) is 10.2 Å². The zero-order chi connectivity index (χ0) is 36.3. The van der Waals surface area contributed by atoms with Crippen molar-refractivity contribution >= 4 is 17.6 Å². The molecule has 51 heavy (non-hydrogen) atoms.